The Morgan fingerprint density at radius 1 is 1.62 bits per heavy atom. The third-order valence-corrected chi connectivity index (χ3v) is 2.41. The van der Waals surface area contributed by atoms with Crippen molar-refractivity contribution in [1.82, 2.24) is 0 Å². The monoisotopic (exact) mass is 218 g/mol. The van der Waals surface area contributed by atoms with Crippen molar-refractivity contribution in [2.75, 3.05) is 0 Å². The first-order valence-electron chi connectivity index (χ1n) is 4.84. The molecule has 1 aliphatic rings. The predicted molar refractivity (Wildman–Crippen MR) is 57.5 cm³/mol. The first-order chi connectivity index (χ1) is 7.61. The first kappa shape index (κ1) is 10.9. The summed E-state index contributed by atoms with van der Waals surface area (Å²) < 4.78 is 17.9. The number of hydrogen-bond acceptors (Lipinski definition) is 3. The molecule has 16 heavy (non-hydrogen) atoms. The van der Waals surface area contributed by atoms with Gasteiger partial charge >= 0.3 is 5.63 Å². The van der Waals surface area contributed by atoms with Crippen molar-refractivity contribution in [2.45, 2.75) is 18.9 Å². The van der Waals surface area contributed by atoms with Crippen LogP contribution in [0, 0.1) is 0 Å². The van der Waals surface area contributed by atoms with E-state index in [-0.39, 0.29) is 24.1 Å². The second kappa shape index (κ2) is 4.08. The number of carbonyl (C=O) groups excluding carboxylic acids is 1. The van der Waals surface area contributed by atoms with Gasteiger partial charge < -0.3 is 4.42 Å². The average molecular weight is 218 g/mol. The minimum atomic E-state index is -1.15. The Balaban J connectivity index is 2.53. The predicted octanol–water partition coefficient (Wildman–Crippen LogP) is 1.32. The van der Waals surface area contributed by atoms with E-state index in [0.29, 0.717) is 5.56 Å². The number of ketones is 1. The number of alkyl halides is 1. The van der Waals surface area contributed by atoms with Crippen molar-refractivity contribution in [3.8, 4) is 0 Å². The van der Waals surface area contributed by atoms with Gasteiger partial charge in [-0.2, -0.15) is 0 Å². The Morgan fingerprint density at radius 3 is 3.06 bits per heavy atom. The molecule has 0 N–H and O–H groups in total. The van der Waals surface area contributed by atoms with E-state index in [1.807, 2.05) is 0 Å². The number of carbonyl (C=O) groups is 1. The first-order valence-corrected chi connectivity index (χ1v) is 4.84. The van der Waals surface area contributed by atoms with Gasteiger partial charge in [-0.05, 0) is 18.5 Å². The second-order valence-electron chi connectivity index (χ2n) is 3.53. The Kier molecular flexibility index (Phi) is 2.77. The van der Waals surface area contributed by atoms with Gasteiger partial charge in [0.1, 0.15) is 17.5 Å². The summed E-state index contributed by atoms with van der Waals surface area (Å²) in [6.45, 7) is 0. The molecule has 1 heterocycles. The Morgan fingerprint density at radius 2 is 2.38 bits per heavy atom. The molecule has 5 heteroatoms. The highest BCUT2D eigenvalue weighted by molar-refractivity contribution is 6.23. The summed E-state index contributed by atoms with van der Waals surface area (Å²) in [5, 5.41) is 0. The molecule has 1 atom stereocenters. The van der Waals surface area contributed by atoms with Crippen LogP contribution in [-0.2, 0) is 6.42 Å². The number of hydrogen-bond donors (Lipinski definition) is 0. The zero-order chi connectivity index (χ0) is 11.7. The van der Waals surface area contributed by atoms with Gasteiger partial charge in [0.25, 0.3) is 0 Å². The minimum absolute atomic E-state index is 0.0260. The summed E-state index contributed by atoms with van der Waals surface area (Å²) in [4.78, 5) is 22.7. The molecule has 0 fully saturated rings. The number of rotatable bonds is 2. The molecule has 80 valence electrons. The highest BCUT2D eigenvalue weighted by Gasteiger charge is 2.19. The van der Waals surface area contributed by atoms with Crippen LogP contribution in [0.2, 0.25) is 6.32 Å². The fourth-order valence-electron chi connectivity index (χ4n) is 1.58. The van der Waals surface area contributed by atoms with Crippen LogP contribution < -0.4 is 5.63 Å². The van der Waals surface area contributed by atoms with Gasteiger partial charge in [0, 0.05) is 12.0 Å². The van der Waals surface area contributed by atoms with Gasteiger partial charge in [0.15, 0.2) is 5.78 Å². The van der Waals surface area contributed by atoms with Crippen LogP contribution in [0.3, 0.4) is 0 Å². The van der Waals surface area contributed by atoms with Crippen LogP contribution in [0.25, 0.3) is 6.08 Å². The molecular formula is C11H8BFO3. The summed E-state index contributed by atoms with van der Waals surface area (Å²) in [6.07, 6.45) is 1.49. The molecule has 3 nitrogen and oxygen atoms in total. The van der Waals surface area contributed by atoms with Crippen LogP contribution in [0.1, 0.15) is 21.7 Å². The summed E-state index contributed by atoms with van der Waals surface area (Å²) >= 11 is 0. The molecule has 0 aliphatic heterocycles. The zero-order valence-electron chi connectivity index (χ0n) is 8.40. The van der Waals surface area contributed by atoms with Crippen molar-refractivity contribution in [3.05, 3.63) is 39.4 Å². The fraction of sp³-hybridized carbons (Fsp3) is 0.273. The highest BCUT2D eigenvalue weighted by Crippen LogP contribution is 2.20. The third kappa shape index (κ3) is 1.85. The summed E-state index contributed by atoms with van der Waals surface area (Å²) in [7, 11) is 5.16. The van der Waals surface area contributed by atoms with E-state index in [0.717, 1.165) is 0 Å². The van der Waals surface area contributed by atoms with Crippen molar-refractivity contribution in [2.24, 2.45) is 0 Å². The van der Waals surface area contributed by atoms with E-state index in [9.17, 15) is 14.0 Å². The Labute approximate surface area is 92.4 Å². The van der Waals surface area contributed by atoms with E-state index < -0.39 is 17.6 Å². The van der Waals surface area contributed by atoms with Gasteiger partial charge in [0.05, 0.1) is 7.85 Å². The Hall–Kier alpha value is -1.65. The third-order valence-electron chi connectivity index (χ3n) is 2.41. The van der Waals surface area contributed by atoms with E-state index in [1.54, 1.807) is 0 Å². The number of fused-ring (bicyclic) bond motifs is 1. The molecule has 1 aromatic rings. The van der Waals surface area contributed by atoms with E-state index >= 15 is 0 Å². The van der Waals surface area contributed by atoms with Crippen LogP contribution in [-0.4, -0.2) is 19.8 Å². The topological polar surface area (TPSA) is 47.3 Å². The normalized spacial score (nSPS) is 18.2. The standard InChI is InChI=1S/C11H8BFO3/c12-5-9(14)8-3-6-1-2-7(13)4-10(6)16-11(8)15/h1-3,7H,4-5H2. The van der Waals surface area contributed by atoms with E-state index in [2.05, 4.69) is 0 Å². The molecule has 0 bridgehead atoms. The number of Topliss-reactive ketones (excluding diaryl/α,β-unsaturated/α-hetero) is 1. The van der Waals surface area contributed by atoms with Crippen LogP contribution in [0.5, 0.6) is 0 Å². The molecule has 0 aromatic carbocycles. The molecule has 0 saturated carbocycles. The molecule has 0 spiro atoms. The molecule has 1 aromatic heterocycles. The van der Waals surface area contributed by atoms with Crippen molar-refractivity contribution in [1.29, 1.82) is 0 Å². The van der Waals surface area contributed by atoms with Gasteiger partial charge in [-0.1, -0.05) is 6.08 Å². The molecule has 0 saturated heterocycles. The molecule has 1 aliphatic carbocycles. The minimum Gasteiger partial charge on any atom is -0.427 e. The lowest BCUT2D eigenvalue weighted by atomic mass is 9.94. The SMILES string of the molecule is [B]CC(=O)c1cc2c(oc1=O)CC(F)C=C2. The molecule has 0 amide bonds. The average Bonchev–Trinajstić information content (AvgIpc) is 2.27. The van der Waals surface area contributed by atoms with Crippen LogP contribution in [0.15, 0.2) is 21.4 Å². The molecule has 2 radical (unpaired) electrons. The molecule has 2 rings (SSSR count). The number of allylic oxidation sites excluding steroid dienone is 1. The van der Waals surface area contributed by atoms with Crippen molar-refractivity contribution >= 4 is 19.7 Å². The zero-order valence-corrected chi connectivity index (χ0v) is 8.40. The summed E-state index contributed by atoms with van der Waals surface area (Å²) in [5.74, 6) is -0.208. The maximum absolute atomic E-state index is 13.0. The largest absolute Gasteiger partial charge is 0.427 e. The maximum atomic E-state index is 13.0. The van der Waals surface area contributed by atoms with E-state index in [1.165, 1.54) is 18.2 Å². The van der Waals surface area contributed by atoms with Gasteiger partial charge in [-0.3, -0.25) is 4.79 Å². The van der Waals surface area contributed by atoms with Crippen LogP contribution in [0.4, 0.5) is 4.39 Å². The Bertz CT molecular complexity index is 518. The molecule has 1 unspecified atom stereocenters. The lowest BCUT2D eigenvalue weighted by Crippen LogP contribution is -2.18. The van der Waals surface area contributed by atoms with Gasteiger partial charge in [-0.25, -0.2) is 9.18 Å². The van der Waals surface area contributed by atoms with E-state index in [4.69, 9.17) is 12.3 Å². The highest BCUT2D eigenvalue weighted by atomic mass is 19.1. The van der Waals surface area contributed by atoms with Gasteiger partial charge in [-0.15, -0.1) is 0 Å². The lowest BCUT2D eigenvalue weighted by Gasteiger charge is -2.12. The maximum Gasteiger partial charge on any atom is 0.346 e. The lowest BCUT2D eigenvalue weighted by molar-refractivity contribution is 0.101. The smallest absolute Gasteiger partial charge is 0.346 e. The van der Waals surface area contributed by atoms with Gasteiger partial charge in [0.2, 0.25) is 0 Å². The quantitative estimate of drug-likeness (QED) is 0.555. The van der Waals surface area contributed by atoms with Crippen LogP contribution >= 0.6 is 0 Å². The summed E-state index contributed by atoms with van der Waals surface area (Å²) in [6, 6.07) is 1.40. The number of halogens is 1. The van der Waals surface area contributed by atoms with Crippen molar-refractivity contribution in [3.63, 3.8) is 0 Å². The fourth-order valence-corrected chi connectivity index (χ4v) is 1.58. The summed E-state index contributed by atoms with van der Waals surface area (Å²) in [5.41, 5.74) is -0.273. The second-order valence-corrected chi connectivity index (χ2v) is 3.53. The van der Waals surface area contributed by atoms with Crippen molar-refractivity contribution < 1.29 is 13.6 Å². The molecular weight excluding hydrogens is 210 g/mol.